The van der Waals surface area contributed by atoms with E-state index in [2.05, 4.69) is 26.0 Å². The summed E-state index contributed by atoms with van der Waals surface area (Å²) in [6, 6.07) is 6.65. The second-order valence-corrected chi connectivity index (χ2v) is 4.10. The molecular weight excluding hydrogens is 304 g/mol. The molecule has 1 aromatic carbocycles. The molecule has 0 unspecified atom stereocenters. The van der Waals surface area contributed by atoms with Crippen molar-refractivity contribution in [2.75, 3.05) is 18.5 Å². The third-order valence-electron chi connectivity index (χ3n) is 1.83. The van der Waals surface area contributed by atoms with E-state index in [4.69, 9.17) is 10.4 Å². The Labute approximate surface area is 111 Å². The molecule has 7 heteroatoms. The first-order valence-corrected chi connectivity index (χ1v) is 5.61. The lowest BCUT2D eigenvalue weighted by atomic mass is 10.2. The molecule has 0 aliphatic carbocycles. The molecule has 0 atom stereocenters. The Morgan fingerprint density at radius 2 is 2.17 bits per heavy atom. The number of carbonyl (C=O) groups excluding carboxylic acids is 1. The van der Waals surface area contributed by atoms with Gasteiger partial charge in [0.05, 0.1) is 17.3 Å². The van der Waals surface area contributed by atoms with Crippen molar-refractivity contribution in [2.45, 2.75) is 0 Å². The van der Waals surface area contributed by atoms with Crippen molar-refractivity contribution in [3.63, 3.8) is 0 Å². The van der Waals surface area contributed by atoms with Crippen LogP contribution in [0.2, 0.25) is 0 Å². The number of hydrogen-bond donors (Lipinski definition) is 2. The average molecular weight is 313 g/mol. The number of carboxylic acids is 1. The van der Waals surface area contributed by atoms with Gasteiger partial charge in [0.25, 0.3) is 0 Å². The molecule has 2 N–H and O–H groups in total. The number of benzene rings is 1. The number of rotatable bonds is 5. The Kier molecular flexibility index (Phi) is 5.30. The van der Waals surface area contributed by atoms with E-state index in [1.165, 1.54) is 0 Å². The van der Waals surface area contributed by atoms with Crippen LogP contribution in [0.4, 0.5) is 5.69 Å². The first-order chi connectivity index (χ1) is 8.52. The van der Waals surface area contributed by atoms with Crippen molar-refractivity contribution in [3.05, 3.63) is 28.2 Å². The first kappa shape index (κ1) is 14.2. The minimum absolute atomic E-state index is 0.348. The molecular formula is C11H9BrN2O4. The van der Waals surface area contributed by atoms with E-state index < -0.39 is 18.5 Å². The number of nitrogens with one attached hydrogen (secondary N) is 1. The van der Waals surface area contributed by atoms with Crippen LogP contribution in [0.1, 0.15) is 5.56 Å². The normalized spacial score (nSPS) is 9.56. The van der Waals surface area contributed by atoms with E-state index in [0.29, 0.717) is 15.7 Å². The Hall–Kier alpha value is -1.91. The quantitative estimate of drug-likeness (QED) is 0.855. The molecule has 0 spiro atoms. The second-order valence-electron chi connectivity index (χ2n) is 3.24. The smallest absolute Gasteiger partial charge is 0.329 e. The number of nitriles is 1. The maximum Gasteiger partial charge on any atom is 0.329 e. The lowest BCUT2D eigenvalue weighted by Gasteiger charge is -2.07. The number of anilines is 1. The average Bonchev–Trinajstić information content (AvgIpc) is 2.31. The van der Waals surface area contributed by atoms with Gasteiger partial charge in [-0.3, -0.25) is 4.79 Å². The predicted molar refractivity (Wildman–Crippen MR) is 65.9 cm³/mol. The monoisotopic (exact) mass is 312 g/mol. The topological polar surface area (TPSA) is 99.4 Å². The van der Waals surface area contributed by atoms with E-state index >= 15 is 0 Å². The number of carboxylic acid groups (broad SMARTS) is 1. The van der Waals surface area contributed by atoms with E-state index in [9.17, 15) is 9.59 Å². The van der Waals surface area contributed by atoms with Crippen LogP contribution in [0.3, 0.4) is 0 Å². The molecule has 0 aliphatic rings. The van der Waals surface area contributed by atoms with Crippen LogP contribution in [0.15, 0.2) is 22.7 Å². The van der Waals surface area contributed by atoms with E-state index in [0.717, 1.165) is 0 Å². The minimum Gasteiger partial charge on any atom is -0.480 e. The molecule has 6 nitrogen and oxygen atoms in total. The fraction of sp³-hybridized carbons (Fsp3) is 0.182. The highest BCUT2D eigenvalue weighted by Crippen LogP contribution is 2.23. The van der Waals surface area contributed by atoms with Gasteiger partial charge in [-0.15, -0.1) is 0 Å². The third-order valence-corrected chi connectivity index (χ3v) is 2.49. The molecule has 1 rings (SSSR count). The first-order valence-electron chi connectivity index (χ1n) is 4.82. The summed E-state index contributed by atoms with van der Waals surface area (Å²) in [6.45, 7) is -0.874. The Morgan fingerprint density at radius 3 is 2.72 bits per heavy atom. The number of nitrogens with zero attached hydrogens (tertiary/aromatic N) is 1. The van der Waals surface area contributed by atoms with Gasteiger partial charge < -0.3 is 15.2 Å². The molecule has 0 heterocycles. The zero-order chi connectivity index (χ0) is 13.5. The fourth-order valence-corrected chi connectivity index (χ4v) is 1.58. The molecule has 0 aliphatic heterocycles. The van der Waals surface area contributed by atoms with Gasteiger partial charge in [-0.25, -0.2) is 4.79 Å². The number of ether oxygens (including phenoxy) is 1. The van der Waals surface area contributed by atoms with Crippen molar-refractivity contribution in [2.24, 2.45) is 0 Å². The van der Waals surface area contributed by atoms with Crippen LogP contribution in [-0.4, -0.2) is 30.2 Å². The fourth-order valence-electron chi connectivity index (χ4n) is 1.10. The van der Waals surface area contributed by atoms with Gasteiger partial charge in [0.1, 0.15) is 13.2 Å². The molecule has 0 fully saturated rings. The summed E-state index contributed by atoms with van der Waals surface area (Å²) in [6.07, 6.45) is 0. The SMILES string of the molecule is N#Cc1ccc(NC(=O)COCC(=O)O)c(Br)c1. The van der Waals surface area contributed by atoms with Crippen LogP contribution in [0.25, 0.3) is 0 Å². The van der Waals surface area contributed by atoms with E-state index in [-0.39, 0.29) is 6.61 Å². The number of carbonyl (C=O) groups is 2. The van der Waals surface area contributed by atoms with Gasteiger partial charge >= 0.3 is 5.97 Å². The maximum atomic E-state index is 11.4. The highest BCUT2D eigenvalue weighted by molar-refractivity contribution is 9.10. The predicted octanol–water partition coefficient (Wildman–Crippen LogP) is 1.36. The second kappa shape index (κ2) is 6.74. The van der Waals surface area contributed by atoms with Crippen LogP contribution < -0.4 is 5.32 Å². The summed E-state index contributed by atoms with van der Waals surface area (Å²) in [5.74, 6) is -1.61. The summed E-state index contributed by atoms with van der Waals surface area (Å²) in [7, 11) is 0. The summed E-state index contributed by atoms with van der Waals surface area (Å²) in [4.78, 5) is 21.6. The van der Waals surface area contributed by atoms with Gasteiger partial charge in [-0.05, 0) is 34.1 Å². The van der Waals surface area contributed by atoms with Crippen molar-refractivity contribution >= 4 is 33.5 Å². The summed E-state index contributed by atoms with van der Waals surface area (Å²) < 4.78 is 5.20. The Balaban J connectivity index is 2.54. The molecule has 18 heavy (non-hydrogen) atoms. The van der Waals surface area contributed by atoms with Gasteiger partial charge in [0, 0.05) is 4.47 Å². The van der Waals surface area contributed by atoms with E-state index in [1.54, 1.807) is 18.2 Å². The molecule has 0 saturated carbocycles. The molecule has 0 aromatic heterocycles. The summed E-state index contributed by atoms with van der Waals surface area (Å²) in [5, 5.41) is 19.5. The standard InChI is InChI=1S/C11H9BrN2O4/c12-8-3-7(4-13)1-2-9(8)14-10(15)5-18-6-11(16)17/h1-3H,5-6H2,(H,14,15)(H,16,17). The van der Waals surface area contributed by atoms with Gasteiger partial charge in [-0.2, -0.15) is 5.26 Å². The number of halogens is 1. The van der Waals surface area contributed by atoms with Crippen molar-refractivity contribution in [1.29, 1.82) is 5.26 Å². The molecule has 0 saturated heterocycles. The van der Waals surface area contributed by atoms with Crippen LogP contribution >= 0.6 is 15.9 Å². The maximum absolute atomic E-state index is 11.4. The number of amides is 1. The minimum atomic E-state index is -1.14. The van der Waals surface area contributed by atoms with Gasteiger partial charge in [0.2, 0.25) is 5.91 Å². The number of hydrogen-bond acceptors (Lipinski definition) is 4. The van der Waals surface area contributed by atoms with Crippen LogP contribution in [0.5, 0.6) is 0 Å². The molecule has 1 aromatic rings. The largest absolute Gasteiger partial charge is 0.480 e. The van der Waals surface area contributed by atoms with Crippen molar-refractivity contribution in [3.8, 4) is 6.07 Å². The highest BCUT2D eigenvalue weighted by atomic mass is 79.9. The zero-order valence-corrected chi connectivity index (χ0v) is 10.7. The molecule has 0 bridgehead atoms. The zero-order valence-electron chi connectivity index (χ0n) is 9.14. The van der Waals surface area contributed by atoms with Crippen molar-refractivity contribution < 1.29 is 19.4 Å². The van der Waals surface area contributed by atoms with Crippen LogP contribution in [0, 0.1) is 11.3 Å². The summed E-state index contributed by atoms with van der Waals surface area (Å²) in [5.41, 5.74) is 0.944. The van der Waals surface area contributed by atoms with Crippen LogP contribution in [-0.2, 0) is 14.3 Å². The molecule has 94 valence electrons. The number of aliphatic carboxylic acids is 1. The highest BCUT2D eigenvalue weighted by Gasteiger charge is 2.07. The van der Waals surface area contributed by atoms with Crippen molar-refractivity contribution in [1.82, 2.24) is 0 Å². The third kappa shape index (κ3) is 4.53. The lowest BCUT2D eigenvalue weighted by Crippen LogP contribution is -2.20. The van der Waals surface area contributed by atoms with Gasteiger partial charge in [-0.1, -0.05) is 0 Å². The Morgan fingerprint density at radius 1 is 1.44 bits per heavy atom. The lowest BCUT2D eigenvalue weighted by molar-refractivity contribution is -0.143. The summed E-state index contributed by atoms with van der Waals surface area (Å²) >= 11 is 3.21. The van der Waals surface area contributed by atoms with E-state index in [1.807, 2.05) is 6.07 Å². The molecule has 0 radical (unpaired) electrons. The molecule has 1 amide bonds. The Bertz CT molecular complexity index is 510. The van der Waals surface area contributed by atoms with Gasteiger partial charge in [0.15, 0.2) is 0 Å².